The molecule has 0 spiro atoms. The van der Waals surface area contributed by atoms with E-state index in [0.717, 1.165) is 33.9 Å². The Labute approximate surface area is 454 Å². The molecule has 11 aromatic carbocycles. The first-order valence-electron chi connectivity index (χ1n) is 27.3. The van der Waals surface area contributed by atoms with Gasteiger partial charge in [0.15, 0.2) is 0 Å². The number of hydrogen-bond donors (Lipinski definition) is 0. The molecule has 1 aliphatic carbocycles. The van der Waals surface area contributed by atoms with Crippen molar-refractivity contribution in [3.63, 3.8) is 0 Å². The molecule has 0 amide bonds. The van der Waals surface area contributed by atoms with E-state index in [1.807, 2.05) is 0 Å². The highest BCUT2D eigenvalue weighted by molar-refractivity contribution is 6.14. The molecule has 13 rings (SSSR count). The minimum absolute atomic E-state index is 0.0208. The van der Waals surface area contributed by atoms with Crippen molar-refractivity contribution in [3.05, 3.63) is 265 Å². The predicted octanol–water partition coefficient (Wildman–Crippen LogP) is 21.0. The standard InChI is InChI=1S/C75H64N2/c1-73(2,3)53-45-52(46-54(48-53)74(4,5)6)58-32-19-23-50-24-20-35-64(70(50)58)62-30-13-16-39-68(62)76(57-28-18-25-51(47-57)59-33-21-36-65-61-29-12-15-38-67(61)75(7,8)71(59)65)56-43-41-49(42-44-56)60-34-22-37-66-63-31-14-17-40-69(63)77(72(60)66)55-26-10-9-11-27-55/h9-48H,1-8H3. The SMILES string of the molecule is CC(C)(C)c1cc(-c2cccc3cccc(-c4ccccc4N(c4ccc(-c5cccc6c7ccccc7n(-c7ccccc7)c56)cc4)c4cccc(-c5cccc6c5C(C)(C)c5ccccc5-6)c4)c23)cc(C(C)(C)C)c1. The zero-order valence-corrected chi connectivity index (χ0v) is 45.5. The summed E-state index contributed by atoms with van der Waals surface area (Å²) in [5.74, 6) is 0. The van der Waals surface area contributed by atoms with E-state index in [-0.39, 0.29) is 16.2 Å². The van der Waals surface area contributed by atoms with Gasteiger partial charge in [-0.3, -0.25) is 0 Å². The van der Waals surface area contributed by atoms with Gasteiger partial charge in [-0.15, -0.1) is 0 Å². The first kappa shape index (κ1) is 48.0. The third-order valence-electron chi connectivity index (χ3n) is 16.5. The van der Waals surface area contributed by atoms with Crippen LogP contribution in [0.1, 0.15) is 77.6 Å². The number of rotatable bonds is 8. The molecular formula is C75H64N2. The Hall–Kier alpha value is -8.72. The van der Waals surface area contributed by atoms with E-state index in [1.165, 1.54) is 99.3 Å². The lowest BCUT2D eigenvalue weighted by atomic mass is 9.78. The molecule has 2 nitrogen and oxygen atoms in total. The quantitative estimate of drug-likeness (QED) is 0.147. The molecule has 0 aliphatic heterocycles. The summed E-state index contributed by atoms with van der Waals surface area (Å²) in [5.41, 5.74) is 24.4. The van der Waals surface area contributed by atoms with Crippen molar-refractivity contribution in [1.82, 2.24) is 4.57 Å². The number of aromatic nitrogens is 1. The van der Waals surface area contributed by atoms with Crippen LogP contribution >= 0.6 is 0 Å². The highest BCUT2D eigenvalue weighted by Gasteiger charge is 2.37. The number of hydrogen-bond acceptors (Lipinski definition) is 1. The first-order chi connectivity index (χ1) is 37.2. The van der Waals surface area contributed by atoms with E-state index in [0.29, 0.717) is 0 Å². The van der Waals surface area contributed by atoms with Crippen molar-refractivity contribution in [1.29, 1.82) is 0 Å². The number of benzene rings is 11. The van der Waals surface area contributed by atoms with Gasteiger partial charge in [0.1, 0.15) is 0 Å². The molecule has 0 bridgehead atoms. The molecule has 0 fully saturated rings. The fraction of sp³-hybridized carbons (Fsp3) is 0.147. The molecule has 1 aromatic heterocycles. The maximum atomic E-state index is 2.49. The summed E-state index contributed by atoms with van der Waals surface area (Å²) < 4.78 is 2.43. The maximum absolute atomic E-state index is 2.49. The van der Waals surface area contributed by atoms with Gasteiger partial charge in [0.2, 0.25) is 0 Å². The fourth-order valence-corrected chi connectivity index (χ4v) is 12.6. The highest BCUT2D eigenvalue weighted by Crippen LogP contribution is 2.53. The molecule has 1 aliphatic rings. The minimum Gasteiger partial charge on any atom is -0.310 e. The second-order valence-electron chi connectivity index (χ2n) is 23.7. The monoisotopic (exact) mass is 993 g/mol. The van der Waals surface area contributed by atoms with Crippen molar-refractivity contribution < 1.29 is 0 Å². The predicted molar refractivity (Wildman–Crippen MR) is 330 cm³/mol. The minimum atomic E-state index is -0.165. The molecule has 0 N–H and O–H groups in total. The van der Waals surface area contributed by atoms with E-state index >= 15 is 0 Å². The fourth-order valence-electron chi connectivity index (χ4n) is 12.6. The highest BCUT2D eigenvalue weighted by atomic mass is 15.1. The summed E-state index contributed by atoms with van der Waals surface area (Å²) in [6.45, 7) is 18.7. The Balaban J connectivity index is 1.02. The first-order valence-corrected chi connectivity index (χ1v) is 27.3. The van der Waals surface area contributed by atoms with Crippen LogP contribution in [-0.4, -0.2) is 4.57 Å². The lowest BCUT2D eigenvalue weighted by molar-refractivity contribution is 0.569. The summed E-state index contributed by atoms with van der Waals surface area (Å²) in [5, 5.41) is 4.96. The Bertz CT molecular complexity index is 4210. The number of fused-ring (bicyclic) bond motifs is 7. The molecule has 374 valence electrons. The zero-order chi connectivity index (χ0) is 52.8. The molecule has 12 aromatic rings. The van der Waals surface area contributed by atoms with E-state index in [2.05, 4.69) is 308 Å². The summed E-state index contributed by atoms with van der Waals surface area (Å²) in [4.78, 5) is 2.49. The van der Waals surface area contributed by atoms with Crippen LogP contribution < -0.4 is 4.90 Å². The van der Waals surface area contributed by atoms with Crippen molar-refractivity contribution in [2.75, 3.05) is 4.90 Å². The van der Waals surface area contributed by atoms with Crippen LogP contribution in [0.25, 0.3) is 93.9 Å². The lowest BCUT2D eigenvalue weighted by Crippen LogP contribution is -2.16. The Morgan fingerprint density at radius 2 is 0.948 bits per heavy atom. The molecule has 0 unspecified atom stereocenters. The number of anilines is 3. The summed E-state index contributed by atoms with van der Waals surface area (Å²) >= 11 is 0. The Kier molecular flexibility index (Phi) is 11.4. The summed E-state index contributed by atoms with van der Waals surface area (Å²) in [6, 6.07) is 90.7. The molecule has 0 radical (unpaired) electrons. The normalized spacial score (nSPS) is 13.0. The molecule has 1 heterocycles. The second kappa shape index (κ2) is 18.2. The van der Waals surface area contributed by atoms with Gasteiger partial charge in [-0.05, 0) is 137 Å². The van der Waals surface area contributed by atoms with Crippen LogP contribution in [0.5, 0.6) is 0 Å². The van der Waals surface area contributed by atoms with Gasteiger partial charge in [-0.2, -0.15) is 0 Å². The van der Waals surface area contributed by atoms with Gasteiger partial charge < -0.3 is 9.47 Å². The Morgan fingerprint density at radius 3 is 1.70 bits per heavy atom. The molecule has 0 saturated carbocycles. The Morgan fingerprint density at radius 1 is 0.377 bits per heavy atom. The van der Waals surface area contributed by atoms with Gasteiger partial charge in [-0.1, -0.05) is 250 Å². The third kappa shape index (κ3) is 8.09. The second-order valence-corrected chi connectivity index (χ2v) is 23.7. The summed E-state index contributed by atoms with van der Waals surface area (Å²) in [7, 11) is 0. The van der Waals surface area contributed by atoms with Gasteiger partial charge >= 0.3 is 0 Å². The lowest BCUT2D eigenvalue weighted by Gasteiger charge is -2.30. The van der Waals surface area contributed by atoms with E-state index < -0.39 is 0 Å². The number of para-hydroxylation sites is 4. The van der Waals surface area contributed by atoms with Crippen LogP contribution in [0.2, 0.25) is 0 Å². The van der Waals surface area contributed by atoms with Crippen LogP contribution in [-0.2, 0) is 16.2 Å². The largest absolute Gasteiger partial charge is 0.310 e. The zero-order valence-electron chi connectivity index (χ0n) is 45.5. The van der Waals surface area contributed by atoms with Crippen LogP contribution in [0.4, 0.5) is 17.1 Å². The van der Waals surface area contributed by atoms with Gasteiger partial charge in [0.25, 0.3) is 0 Å². The van der Waals surface area contributed by atoms with Gasteiger partial charge in [0, 0.05) is 44.4 Å². The summed E-state index contributed by atoms with van der Waals surface area (Å²) in [6.07, 6.45) is 0. The van der Waals surface area contributed by atoms with Crippen LogP contribution in [0.3, 0.4) is 0 Å². The molecule has 2 heteroatoms. The van der Waals surface area contributed by atoms with Crippen molar-refractivity contribution >= 4 is 49.6 Å². The van der Waals surface area contributed by atoms with Crippen LogP contribution in [0.15, 0.2) is 243 Å². The van der Waals surface area contributed by atoms with Crippen molar-refractivity contribution in [3.8, 4) is 61.3 Å². The molecular weight excluding hydrogens is 929 g/mol. The smallest absolute Gasteiger partial charge is 0.0619 e. The van der Waals surface area contributed by atoms with E-state index in [4.69, 9.17) is 0 Å². The van der Waals surface area contributed by atoms with Crippen LogP contribution in [0, 0.1) is 0 Å². The van der Waals surface area contributed by atoms with Crippen molar-refractivity contribution in [2.24, 2.45) is 0 Å². The average molecular weight is 993 g/mol. The molecule has 0 atom stereocenters. The van der Waals surface area contributed by atoms with Gasteiger partial charge in [-0.25, -0.2) is 0 Å². The molecule has 77 heavy (non-hydrogen) atoms. The molecule has 0 saturated heterocycles. The van der Waals surface area contributed by atoms with Gasteiger partial charge in [0.05, 0.1) is 16.7 Å². The third-order valence-corrected chi connectivity index (χ3v) is 16.5. The maximum Gasteiger partial charge on any atom is 0.0619 e. The number of nitrogens with zero attached hydrogens (tertiary/aromatic N) is 2. The van der Waals surface area contributed by atoms with E-state index in [9.17, 15) is 0 Å². The average Bonchev–Trinajstić information content (AvgIpc) is 4.09. The topological polar surface area (TPSA) is 8.17 Å². The van der Waals surface area contributed by atoms with Crippen molar-refractivity contribution in [2.45, 2.75) is 71.6 Å². The van der Waals surface area contributed by atoms with E-state index in [1.54, 1.807) is 0 Å².